The maximum atomic E-state index is 12.9. The van der Waals surface area contributed by atoms with Gasteiger partial charge in [-0.3, -0.25) is 4.79 Å². The summed E-state index contributed by atoms with van der Waals surface area (Å²) in [6, 6.07) is 0. The number of hydrogen-bond donors (Lipinski definition) is 0. The molecule has 0 aromatic rings. The Labute approximate surface area is 124 Å². The summed E-state index contributed by atoms with van der Waals surface area (Å²) >= 11 is 0. The lowest BCUT2D eigenvalue weighted by molar-refractivity contribution is -0.165. The average Bonchev–Trinajstić information content (AvgIpc) is 2.37. The molecule has 3 atom stereocenters. The number of fused-ring (bicyclic) bond motifs is 2. The van der Waals surface area contributed by atoms with Crippen molar-refractivity contribution in [2.45, 2.75) is 79.1 Å². The summed E-state index contributed by atoms with van der Waals surface area (Å²) in [5, 5.41) is 0. The van der Waals surface area contributed by atoms with Crippen LogP contribution in [0.5, 0.6) is 0 Å². The van der Waals surface area contributed by atoms with Gasteiger partial charge in [0.05, 0.1) is 0 Å². The Morgan fingerprint density at radius 3 is 2.50 bits per heavy atom. The molecule has 0 aliphatic heterocycles. The lowest BCUT2D eigenvalue weighted by atomic mass is 9.41. The zero-order chi connectivity index (χ0) is 14.6. The van der Waals surface area contributed by atoms with Gasteiger partial charge in [0.1, 0.15) is 5.78 Å². The standard InChI is InChI=1S/C19H30O/c1-14-8-12-19(13-9-14)16(20)7-6-15-17(2,3)10-5-11-18(15,19)4/h8,15H,5-7,9-13H2,1-4H3/t15?,18-,19-/m0/s1. The van der Waals surface area contributed by atoms with E-state index in [0.29, 0.717) is 11.2 Å². The first-order valence-electron chi connectivity index (χ1n) is 8.51. The molecule has 3 aliphatic rings. The van der Waals surface area contributed by atoms with Crippen LogP contribution in [0.25, 0.3) is 0 Å². The number of Topliss-reactive ketones (excluding diaryl/α,β-unsaturated/α-hetero) is 1. The monoisotopic (exact) mass is 274 g/mol. The number of ketones is 1. The van der Waals surface area contributed by atoms with E-state index in [0.717, 1.165) is 38.0 Å². The molecule has 112 valence electrons. The Morgan fingerprint density at radius 1 is 1.10 bits per heavy atom. The van der Waals surface area contributed by atoms with Crippen molar-refractivity contribution in [3.63, 3.8) is 0 Å². The van der Waals surface area contributed by atoms with Gasteiger partial charge in [-0.05, 0) is 62.2 Å². The fraction of sp³-hybridized carbons (Fsp3) is 0.842. The van der Waals surface area contributed by atoms with Gasteiger partial charge >= 0.3 is 0 Å². The molecule has 0 heterocycles. The van der Waals surface area contributed by atoms with Gasteiger partial charge in [0.2, 0.25) is 0 Å². The second kappa shape index (κ2) is 4.45. The molecule has 2 saturated carbocycles. The first kappa shape index (κ1) is 14.4. The summed E-state index contributed by atoms with van der Waals surface area (Å²) in [7, 11) is 0. The molecule has 3 aliphatic carbocycles. The van der Waals surface area contributed by atoms with Gasteiger partial charge in [0.25, 0.3) is 0 Å². The molecular formula is C19H30O. The van der Waals surface area contributed by atoms with E-state index in [1.807, 2.05) is 0 Å². The predicted octanol–water partition coefficient (Wildman–Crippen LogP) is 5.30. The molecule has 1 nitrogen and oxygen atoms in total. The van der Waals surface area contributed by atoms with Gasteiger partial charge in [0, 0.05) is 11.8 Å². The maximum absolute atomic E-state index is 12.9. The first-order chi connectivity index (χ1) is 9.32. The number of carbonyl (C=O) groups excluding carboxylic acids is 1. The highest BCUT2D eigenvalue weighted by atomic mass is 16.1. The first-order valence-corrected chi connectivity index (χ1v) is 8.51. The molecule has 1 heteroatoms. The molecule has 0 aromatic carbocycles. The van der Waals surface area contributed by atoms with Crippen molar-refractivity contribution in [2.24, 2.45) is 22.2 Å². The molecular weight excluding hydrogens is 244 g/mol. The molecule has 20 heavy (non-hydrogen) atoms. The Bertz CT molecular complexity index is 458. The molecule has 0 radical (unpaired) electrons. The largest absolute Gasteiger partial charge is 0.299 e. The smallest absolute Gasteiger partial charge is 0.139 e. The van der Waals surface area contributed by atoms with E-state index in [-0.39, 0.29) is 10.8 Å². The second-order valence-corrected chi connectivity index (χ2v) is 8.61. The van der Waals surface area contributed by atoms with Crippen LogP contribution in [-0.2, 0) is 4.79 Å². The van der Waals surface area contributed by atoms with Crippen molar-refractivity contribution >= 4 is 5.78 Å². The van der Waals surface area contributed by atoms with E-state index in [1.54, 1.807) is 0 Å². The number of hydrogen-bond acceptors (Lipinski definition) is 1. The topological polar surface area (TPSA) is 17.1 Å². The zero-order valence-electron chi connectivity index (χ0n) is 13.7. The number of rotatable bonds is 0. The van der Waals surface area contributed by atoms with E-state index in [4.69, 9.17) is 0 Å². The quantitative estimate of drug-likeness (QED) is 0.548. The van der Waals surface area contributed by atoms with Crippen LogP contribution in [0, 0.1) is 22.2 Å². The van der Waals surface area contributed by atoms with Gasteiger partial charge in [0.15, 0.2) is 0 Å². The van der Waals surface area contributed by atoms with Crippen molar-refractivity contribution in [1.29, 1.82) is 0 Å². The minimum atomic E-state index is -0.0346. The van der Waals surface area contributed by atoms with Crippen LogP contribution in [0.2, 0.25) is 0 Å². The van der Waals surface area contributed by atoms with Crippen LogP contribution in [0.3, 0.4) is 0 Å². The normalized spacial score (nSPS) is 44.1. The lowest BCUT2D eigenvalue weighted by Gasteiger charge is -2.62. The van der Waals surface area contributed by atoms with E-state index >= 15 is 0 Å². The minimum Gasteiger partial charge on any atom is -0.299 e. The number of allylic oxidation sites excluding steroid dienone is 2. The summed E-state index contributed by atoms with van der Waals surface area (Å²) in [4.78, 5) is 12.9. The van der Waals surface area contributed by atoms with Crippen LogP contribution in [0.4, 0.5) is 0 Å². The van der Waals surface area contributed by atoms with Crippen LogP contribution in [0.1, 0.15) is 79.1 Å². The zero-order valence-corrected chi connectivity index (χ0v) is 13.7. The summed E-state index contributed by atoms with van der Waals surface area (Å²) in [5.41, 5.74) is 2.11. The average molecular weight is 274 g/mol. The predicted molar refractivity (Wildman–Crippen MR) is 83.5 cm³/mol. The van der Waals surface area contributed by atoms with Crippen molar-refractivity contribution in [1.82, 2.24) is 0 Å². The molecule has 2 fully saturated rings. The molecule has 0 N–H and O–H groups in total. The Kier molecular flexibility index (Phi) is 3.19. The molecule has 0 bridgehead atoms. The van der Waals surface area contributed by atoms with Crippen LogP contribution < -0.4 is 0 Å². The van der Waals surface area contributed by atoms with Crippen molar-refractivity contribution in [3.05, 3.63) is 11.6 Å². The highest BCUT2D eigenvalue weighted by Crippen LogP contribution is 2.66. The molecule has 3 rings (SSSR count). The van der Waals surface area contributed by atoms with E-state index in [9.17, 15) is 4.79 Å². The minimum absolute atomic E-state index is 0.0346. The number of carbonyl (C=O) groups is 1. The summed E-state index contributed by atoms with van der Waals surface area (Å²) in [6.07, 6.45) is 11.5. The van der Waals surface area contributed by atoms with E-state index in [1.165, 1.54) is 24.8 Å². The van der Waals surface area contributed by atoms with Crippen LogP contribution in [-0.4, -0.2) is 5.78 Å². The summed E-state index contributed by atoms with van der Waals surface area (Å²) in [6.45, 7) is 9.58. The molecule has 0 amide bonds. The van der Waals surface area contributed by atoms with Gasteiger partial charge in [-0.2, -0.15) is 0 Å². The SMILES string of the molecule is CC1=CC[C@]2(CC1)C(=O)CCC1C(C)(C)CCC[C@@]12C. The Hall–Kier alpha value is -0.590. The van der Waals surface area contributed by atoms with Gasteiger partial charge < -0.3 is 0 Å². The van der Waals surface area contributed by atoms with Crippen LogP contribution >= 0.6 is 0 Å². The van der Waals surface area contributed by atoms with Gasteiger partial charge in [-0.1, -0.05) is 38.8 Å². The fourth-order valence-electron chi connectivity index (χ4n) is 5.97. The third kappa shape index (κ3) is 1.77. The van der Waals surface area contributed by atoms with Crippen molar-refractivity contribution < 1.29 is 4.79 Å². The summed E-state index contributed by atoms with van der Waals surface area (Å²) < 4.78 is 0. The highest BCUT2D eigenvalue weighted by molar-refractivity contribution is 5.87. The second-order valence-electron chi connectivity index (χ2n) is 8.61. The Morgan fingerprint density at radius 2 is 1.85 bits per heavy atom. The Balaban J connectivity index is 2.05. The molecule has 0 aromatic heterocycles. The molecule has 0 saturated heterocycles. The van der Waals surface area contributed by atoms with Crippen LogP contribution in [0.15, 0.2) is 11.6 Å². The molecule has 1 unspecified atom stereocenters. The third-order valence-corrected chi connectivity index (χ3v) is 7.26. The summed E-state index contributed by atoms with van der Waals surface area (Å²) in [5.74, 6) is 1.31. The van der Waals surface area contributed by atoms with Gasteiger partial charge in [-0.25, -0.2) is 0 Å². The third-order valence-electron chi connectivity index (χ3n) is 7.26. The fourth-order valence-corrected chi connectivity index (χ4v) is 5.97. The van der Waals surface area contributed by atoms with E-state index < -0.39 is 0 Å². The highest BCUT2D eigenvalue weighted by Gasteiger charge is 2.62. The van der Waals surface area contributed by atoms with E-state index in [2.05, 4.69) is 33.8 Å². The van der Waals surface area contributed by atoms with Gasteiger partial charge in [-0.15, -0.1) is 0 Å². The maximum Gasteiger partial charge on any atom is 0.139 e. The lowest BCUT2D eigenvalue weighted by Crippen LogP contribution is -2.59. The van der Waals surface area contributed by atoms with Crippen molar-refractivity contribution in [2.75, 3.05) is 0 Å². The van der Waals surface area contributed by atoms with Crippen molar-refractivity contribution in [3.8, 4) is 0 Å². The molecule has 1 spiro atoms.